The number of rotatable bonds is 5. The third-order valence-corrected chi connectivity index (χ3v) is 3.59. The molecule has 0 amide bonds. The summed E-state index contributed by atoms with van der Waals surface area (Å²) in [7, 11) is 0. The van der Waals surface area contributed by atoms with E-state index in [1.165, 1.54) is 17.4 Å². The highest BCUT2D eigenvalue weighted by molar-refractivity contribution is 7.09. The summed E-state index contributed by atoms with van der Waals surface area (Å²) in [6.45, 7) is 2.75. The number of aromatic nitrogens is 1. The van der Waals surface area contributed by atoms with E-state index in [4.69, 9.17) is 0 Å². The zero-order valence-corrected chi connectivity index (χ0v) is 10.8. The fourth-order valence-electron chi connectivity index (χ4n) is 1.84. The van der Waals surface area contributed by atoms with Gasteiger partial charge >= 0.3 is 0 Å². The molecule has 1 heterocycles. The van der Waals surface area contributed by atoms with Crippen molar-refractivity contribution in [2.45, 2.75) is 19.4 Å². The van der Waals surface area contributed by atoms with Crippen molar-refractivity contribution in [2.24, 2.45) is 0 Å². The minimum absolute atomic E-state index is 0.0289. The Kier molecular flexibility index (Phi) is 4.38. The topological polar surface area (TPSA) is 24.9 Å². The maximum atomic E-state index is 13.6. The van der Waals surface area contributed by atoms with E-state index in [-0.39, 0.29) is 6.04 Å². The molecular weight excluding hydrogens is 254 g/mol. The molecule has 0 fully saturated rings. The van der Waals surface area contributed by atoms with Gasteiger partial charge in [-0.25, -0.2) is 8.78 Å². The molecule has 0 saturated heterocycles. The molecule has 0 spiro atoms. The molecule has 0 aliphatic carbocycles. The van der Waals surface area contributed by atoms with Crippen LogP contribution in [0.4, 0.5) is 8.78 Å². The van der Waals surface area contributed by atoms with Crippen LogP contribution in [0.2, 0.25) is 0 Å². The number of thiazole rings is 1. The Balaban J connectivity index is 2.21. The average molecular weight is 268 g/mol. The van der Waals surface area contributed by atoms with Gasteiger partial charge in [-0.15, -0.1) is 11.3 Å². The first kappa shape index (κ1) is 13.1. The Morgan fingerprint density at radius 1 is 1.39 bits per heavy atom. The Labute approximate surface area is 109 Å². The van der Waals surface area contributed by atoms with Crippen molar-refractivity contribution in [3.63, 3.8) is 0 Å². The normalized spacial score (nSPS) is 12.6. The van der Waals surface area contributed by atoms with Gasteiger partial charge in [0.05, 0.1) is 5.51 Å². The van der Waals surface area contributed by atoms with Crippen molar-refractivity contribution in [1.82, 2.24) is 10.3 Å². The minimum atomic E-state index is -0.799. The monoisotopic (exact) mass is 268 g/mol. The van der Waals surface area contributed by atoms with Gasteiger partial charge in [-0.05, 0) is 24.6 Å². The van der Waals surface area contributed by atoms with E-state index >= 15 is 0 Å². The van der Waals surface area contributed by atoms with Crippen LogP contribution in [-0.4, -0.2) is 11.5 Å². The number of benzene rings is 1. The number of hydrogen-bond donors (Lipinski definition) is 1. The largest absolute Gasteiger partial charge is 0.309 e. The maximum Gasteiger partial charge on any atom is 0.162 e. The van der Waals surface area contributed by atoms with E-state index in [1.807, 2.05) is 6.92 Å². The van der Waals surface area contributed by atoms with Crippen molar-refractivity contribution in [3.05, 3.63) is 52.0 Å². The van der Waals surface area contributed by atoms with E-state index < -0.39 is 11.6 Å². The van der Waals surface area contributed by atoms with Crippen molar-refractivity contribution in [3.8, 4) is 0 Å². The highest BCUT2D eigenvalue weighted by Gasteiger charge is 2.16. The minimum Gasteiger partial charge on any atom is -0.309 e. The number of likely N-dealkylation sites (N-methyl/N-ethyl adjacent to an activating group) is 1. The van der Waals surface area contributed by atoms with Gasteiger partial charge < -0.3 is 5.32 Å². The van der Waals surface area contributed by atoms with Gasteiger partial charge in [0, 0.05) is 17.1 Å². The molecule has 0 aliphatic heterocycles. The second-order valence-electron chi connectivity index (χ2n) is 3.93. The van der Waals surface area contributed by atoms with Crippen LogP contribution in [-0.2, 0) is 6.42 Å². The van der Waals surface area contributed by atoms with Crippen molar-refractivity contribution in [2.75, 3.05) is 6.54 Å². The highest BCUT2D eigenvalue weighted by Crippen LogP contribution is 2.23. The Hall–Kier alpha value is -1.33. The first-order valence-electron chi connectivity index (χ1n) is 5.77. The lowest BCUT2D eigenvalue weighted by molar-refractivity contribution is 0.483. The number of hydrogen-bond acceptors (Lipinski definition) is 3. The van der Waals surface area contributed by atoms with Gasteiger partial charge in [0.25, 0.3) is 0 Å². The summed E-state index contributed by atoms with van der Waals surface area (Å²) in [6, 6.07) is 4.25. The standard InChI is InChI=1S/C13H14F2N2S/c1-2-17-11(12-7-16-8-18-12)6-9-4-3-5-10(14)13(9)15/h3-5,7-8,11,17H,2,6H2,1H3. The maximum absolute atomic E-state index is 13.6. The van der Waals surface area contributed by atoms with E-state index in [2.05, 4.69) is 10.3 Å². The highest BCUT2D eigenvalue weighted by atomic mass is 32.1. The molecule has 0 bridgehead atoms. The molecular formula is C13H14F2N2S. The van der Waals surface area contributed by atoms with Crippen LogP contribution in [0.5, 0.6) is 0 Å². The van der Waals surface area contributed by atoms with Crippen LogP contribution in [0.25, 0.3) is 0 Å². The predicted octanol–water partition coefficient (Wildman–Crippen LogP) is 3.31. The van der Waals surface area contributed by atoms with Crippen LogP contribution in [0.15, 0.2) is 29.9 Å². The van der Waals surface area contributed by atoms with Crippen LogP contribution >= 0.6 is 11.3 Å². The lowest BCUT2D eigenvalue weighted by Gasteiger charge is -2.16. The molecule has 2 aromatic rings. The van der Waals surface area contributed by atoms with Gasteiger partial charge in [-0.1, -0.05) is 19.1 Å². The first-order valence-corrected chi connectivity index (χ1v) is 6.65. The van der Waals surface area contributed by atoms with Gasteiger partial charge in [-0.3, -0.25) is 4.98 Å². The molecule has 1 aromatic heterocycles. The third kappa shape index (κ3) is 2.91. The Morgan fingerprint density at radius 3 is 2.89 bits per heavy atom. The summed E-state index contributed by atoms with van der Waals surface area (Å²) in [5.74, 6) is -1.56. The molecule has 2 nitrogen and oxygen atoms in total. The fourth-order valence-corrected chi connectivity index (χ4v) is 2.54. The fraction of sp³-hybridized carbons (Fsp3) is 0.308. The summed E-state index contributed by atoms with van der Waals surface area (Å²) in [5.41, 5.74) is 2.12. The molecule has 1 N–H and O–H groups in total. The molecule has 0 aliphatic rings. The second-order valence-corrected chi connectivity index (χ2v) is 4.85. The van der Waals surface area contributed by atoms with Crippen LogP contribution in [0.3, 0.4) is 0 Å². The number of nitrogens with one attached hydrogen (secondary N) is 1. The molecule has 1 unspecified atom stereocenters. The lowest BCUT2D eigenvalue weighted by atomic mass is 10.0. The Bertz CT molecular complexity index is 500. The molecule has 0 radical (unpaired) electrons. The van der Waals surface area contributed by atoms with Crippen LogP contribution < -0.4 is 5.32 Å². The molecule has 1 aromatic carbocycles. The van der Waals surface area contributed by atoms with Gasteiger partial charge in [0.1, 0.15) is 0 Å². The summed E-state index contributed by atoms with van der Waals surface area (Å²) in [6.07, 6.45) is 2.18. The summed E-state index contributed by atoms with van der Waals surface area (Å²) < 4.78 is 26.8. The molecule has 18 heavy (non-hydrogen) atoms. The summed E-state index contributed by atoms with van der Waals surface area (Å²) in [4.78, 5) is 5.05. The predicted molar refractivity (Wildman–Crippen MR) is 68.6 cm³/mol. The van der Waals surface area contributed by atoms with Crippen molar-refractivity contribution in [1.29, 1.82) is 0 Å². The number of halogens is 2. The number of nitrogens with zero attached hydrogens (tertiary/aromatic N) is 1. The SMILES string of the molecule is CCNC(Cc1cccc(F)c1F)c1cncs1. The van der Waals surface area contributed by atoms with Crippen LogP contribution in [0, 0.1) is 11.6 Å². The zero-order chi connectivity index (χ0) is 13.0. The quantitative estimate of drug-likeness (QED) is 0.900. The van der Waals surface area contributed by atoms with E-state index in [0.29, 0.717) is 12.0 Å². The molecule has 1 atom stereocenters. The molecule has 5 heteroatoms. The first-order chi connectivity index (χ1) is 8.72. The summed E-state index contributed by atoms with van der Waals surface area (Å²) >= 11 is 1.51. The van der Waals surface area contributed by atoms with Crippen LogP contribution in [0.1, 0.15) is 23.4 Å². The smallest absolute Gasteiger partial charge is 0.162 e. The lowest BCUT2D eigenvalue weighted by Crippen LogP contribution is -2.22. The van der Waals surface area contributed by atoms with E-state index in [0.717, 1.165) is 17.5 Å². The van der Waals surface area contributed by atoms with Crippen molar-refractivity contribution < 1.29 is 8.78 Å². The van der Waals surface area contributed by atoms with E-state index in [1.54, 1.807) is 17.8 Å². The second kappa shape index (κ2) is 6.02. The summed E-state index contributed by atoms with van der Waals surface area (Å²) in [5, 5.41) is 3.26. The van der Waals surface area contributed by atoms with E-state index in [9.17, 15) is 8.78 Å². The molecule has 96 valence electrons. The van der Waals surface area contributed by atoms with Gasteiger partial charge in [-0.2, -0.15) is 0 Å². The van der Waals surface area contributed by atoms with Crippen molar-refractivity contribution >= 4 is 11.3 Å². The molecule has 2 rings (SSSR count). The van der Waals surface area contributed by atoms with Gasteiger partial charge in [0.15, 0.2) is 11.6 Å². The van der Waals surface area contributed by atoms with Gasteiger partial charge in [0.2, 0.25) is 0 Å². The third-order valence-electron chi connectivity index (χ3n) is 2.70. The average Bonchev–Trinajstić information content (AvgIpc) is 2.88. The Morgan fingerprint density at radius 2 is 2.22 bits per heavy atom. The molecule has 0 saturated carbocycles. The zero-order valence-electron chi connectivity index (χ0n) is 9.99.